The summed E-state index contributed by atoms with van der Waals surface area (Å²) in [6, 6.07) is 2.83. The summed E-state index contributed by atoms with van der Waals surface area (Å²) in [6.45, 7) is 0. The zero-order valence-electron chi connectivity index (χ0n) is 10.8. The van der Waals surface area contributed by atoms with Crippen LogP contribution in [-0.2, 0) is 11.2 Å². The van der Waals surface area contributed by atoms with Crippen molar-refractivity contribution in [3.05, 3.63) is 23.8 Å². The zero-order valence-corrected chi connectivity index (χ0v) is 7.80. The maximum atomic E-state index is 10.6. The van der Waals surface area contributed by atoms with E-state index < -0.39 is 19.0 Å². The van der Waals surface area contributed by atoms with Gasteiger partial charge in [-0.05, 0) is 24.1 Å². The quantitative estimate of drug-likeness (QED) is 0.672. The van der Waals surface area contributed by atoms with Crippen LogP contribution in [-0.4, -0.2) is 29.3 Å². The molecule has 0 radical (unpaired) electrons. The van der Waals surface area contributed by atoms with Crippen LogP contribution >= 0.6 is 0 Å². The molecule has 15 heavy (non-hydrogen) atoms. The highest BCUT2D eigenvalue weighted by molar-refractivity contribution is 5.73. The zero-order chi connectivity index (χ0) is 13.9. The van der Waals surface area contributed by atoms with Crippen molar-refractivity contribution in [1.82, 2.24) is 0 Å². The predicted octanol–water partition coefficient (Wildman–Crippen LogP) is 0.355. The summed E-state index contributed by atoms with van der Waals surface area (Å²) in [7, 11) is -2.69. The summed E-state index contributed by atoms with van der Waals surface area (Å²) in [5.74, 6) is -1.73. The van der Waals surface area contributed by atoms with Gasteiger partial charge in [0.15, 0.2) is 11.5 Å². The molecule has 0 amide bonds. The first-order valence-corrected chi connectivity index (χ1v) is 4.18. The van der Waals surface area contributed by atoms with Gasteiger partial charge >= 0.3 is 5.97 Å². The molecule has 0 aliphatic heterocycles. The molecule has 0 aliphatic rings. The van der Waals surface area contributed by atoms with E-state index in [2.05, 4.69) is 4.74 Å². The number of hydrogen-bond acceptors (Lipinski definition) is 4. The first-order chi connectivity index (χ1) is 8.19. The smallest absolute Gasteiger partial charge is 0.320 e. The van der Waals surface area contributed by atoms with E-state index in [1.165, 1.54) is 18.2 Å². The fourth-order valence-corrected chi connectivity index (χ4v) is 1.11. The number of phenols is 1. The molecule has 1 aromatic carbocycles. The molecule has 0 bridgehead atoms. The summed E-state index contributed by atoms with van der Waals surface area (Å²) in [5, 5.41) is 18.1. The maximum absolute atomic E-state index is 10.6. The standard InChI is InChI=1S/C10H13NO4/c1-15-9-5-6(2-3-8(9)12)4-7(11)10(13)14/h2-3,5,7,12H,4,11H2,1H3,(H,13,14)/t7-/m0/s1/i1D3. The molecule has 82 valence electrons. The second-order valence-corrected chi connectivity index (χ2v) is 3.05. The van der Waals surface area contributed by atoms with E-state index in [4.69, 9.17) is 15.0 Å². The summed E-state index contributed by atoms with van der Waals surface area (Å²) >= 11 is 0. The van der Waals surface area contributed by atoms with E-state index in [0.29, 0.717) is 5.56 Å². The SMILES string of the molecule is [2H]C([2H])([2H])Oc1cc(C[C@H](N)C(=O)O)ccc1O. The number of carboxylic acids is 1. The van der Waals surface area contributed by atoms with Gasteiger partial charge in [0.1, 0.15) is 6.04 Å². The van der Waals surface area contributed by atoms with Crippen LogP contribution in [0.2, 0.25) is 0 Å². The van der Waals surface area contributed by atoms with Gasteiger partial charge in [-0.3, -0.25) is 4.79 Å². The number of benzene rings is 1. The summed E-state index contributed by atoms with van der Waals surface area (Å²) in [4.78, 5) is 10.6. The number of aliphatic carboxylic acids is 1. The Hall–Kier alpha value is -1.75. The number of ether oxygens (including phenoxy) is 1. The van der Waals surface area contributed by atoms with Crippen LogP contribution in [0.4, 0.5) is 0 Å². The van der Waals surface area contributed by atoms with E-state index >= 15 is 0 Å². The molecule has 1 aromatic rings. The Kier molecular flexibility index (Phi) is 2.34. The lowest BCUT2D eigenvalue weighted by atomic mass is 10.1. The monoisotopic (exact) mass is 214 g/mol. The van der Waals surface area contributed by atoms with Crippen molar-refractivity contribution < 1.29 is 23.9 Å². The first kappa shape index (κ1) is 7.53. The van der Waals surface area contributed by atoms with Gasteiger partial charge < -0.3 is 20.7 Å². The molecule has 1 rings (SSSR count). The third-order valence-electron chi connectivity index (χ3n) is 1.91. The number of carboxylic acid groups (broad SMARTS) is 1. The molecule has 0 aliphatic carbocycles. The molecule has 0 heterocycles. The Morgan fingerprint density at radius 2 is 2.47 bits per heavy atom. The topological polar surface area (TPSA) is 92.8 Å². The number of nitrogens with two attached hydrogens (primary N) is 1. The van der Waals surface area contributed by atoms with Crippen molar-refractivity contribution >= 4 is 5.97 Å². The maximum Gasteiger partial charge on any atom is 0.320 e. The van der Waals surface area contributed by atoms with E-state index in [1.807, 2.05) is 0 Å². The Bertz CT molecular complexity index is 447. The number of phenolic OH excluding ortho intramolecular Hbond substituents is 1. The first-order valence-electron chi connectivity index (χ1n) is 5.68. The molecule has 0 spiro atoms. The van der Waals surface area contributed by atoms with Crippen molar-refractivity contribution in [2.45, 2.75) is 12.5 Å². The molecule has 4 N–H and O–H groups in total. The van der Waals surface area contributed by atoms with Crippen LogP contribution in [0.1, 0.15) is 9.68 Å². The normalized spacial score (nSPS) is 15.9. The minimum atomic E-state index is -2.69. The largest absolute Gasteiger partial charge is 0.504 e. The Balaban J connectivity index is 2.90. The number of methoxy groups -OCH3 is 1. The van der Waals surface area contributed by atoms with Gasteiger partial charge in [0.2, 0.25) is 0 Å². The van der Waals surface area contributed by atoms with Gasteiger partial charge in [0, 0.05) is 0 Å². The van der Waals surface area contributed by atoms with Crippen LogP contribution < -0.4 is 10.5 Å². The fourth-order valence-electron chi connectivity index (χ4n) is 1.11. The van der Waals surface area contributed by atoms with Crippen LogP contribution in [0.3, 0.4) is 0 Å². The summed E-state index contributed by atoms with van der Waals surface area (Å²) < 4.78 is 25.4. The molecule has 0 saturated carbocycles. The van der Waals surface area contributed by atoms with E-state index in [9.17, 15) is 9.90 Å². The predicted molar refractivity (Wildman–Crippen MR) is 54.0 cm³/mol. The second-order valence-electron chi connectivity index (χ2n) is 3.05. The minimum Gasteiger partial charge on any atom is -0.504 e. The Labute approximate surface area is 91.3 Å². The van der Waals surface area contributed by atoms with Crippen molar-refractivity contribution in [1.29, 1.82) is 0 Å². The molecule has 1 atom stereocenters. The fraction of sp³-hybridized carbons (Fsp3) is 0.300. The third kappa shape index (κ3) is 2.85. The Morgan fingerprint density at radius 3 is 3.07 bits per heavy atom. The van der Waals surface area contributed by atoms with Crippen LogP contribution in [0.25, 0.3) is 0 Å². The van der Waals surface area contributed by atoms with Gasteiger partial charge in [0.05, 0.1) is 11.2 Å². The van der Waals surface area contributed by atoms with Crippen molar-refractivity contribution in [3.63, 3.8) is 0 Å². The molecule has 5 heteroatoms. The number of carbonyl (C=O) groups is 1. The van der Waals surface area contributed by atoms with Crippen molar-refractivity contribution in [2.75, 3.05) is 7.04 Å². The second kappa shape index (κ2) is 4.65. The van der Waals surface area contributed by atoms with Gasteiger partial charge in [-0.25, -0.2) is 0 Å². The molecule has 0 saturated heterocycles. The molecular formula is C10H13NO4. The summed E-state index contributed by atoms with van der Waals surface area (Å²) in [5.41, 5.74) is 5.81. The molecule has 0 aromatic heterocycles. The van der Waals surface area contributed by atoms with Crippen molar-refractivity contribution in [2.24, 2.45) is 5.73 Å². The highest BCUT2D eigenvalue weighted by atomic mass is 16.5. The number of hydrogen-bond donors (Lipinski definition) is 3. The lowest BCUT2D eigenvalue weighted by Gasteiger charge is -2.08. The van der Waals surface area contributed by atoms with Gasteiger partial charge in [-0.2, -0.15) is 0 Å². The van der Waals surface area contributed by atoms with Gasteiger partial charge in [-0.1, -0.05) is 6.07 Å². The van der Waals surface area contributed by atoms with Crippen LogP contribution in [0.5, 0.6) is 11.5 Å². The molecule has 0 fully saturated rings. The third-order valence-corrected chi connectivity index (χ3v) is 1.91. The van der Waals surface area contributed by atoms with E-state index in [1.54, 1.807) is 0 Å². The summed E-state index contributed by atoms with van der Waals surface area (Å²) in [6.07, 6.45) is 0.00692. The van der Waals surface area contributed by atoms with Crippen LogP contribution in [0.15, 0.2) is 18.2 Å². The minimum absolute atomic E-state index is 0.00692. The lowest BCUT2D eigenvalue weighted by Crippen LogP contribution is -2.32. The van der Waals surface area contributed by atoms with Crippen molar-refractivity contribution in [3.8, 4) is 11.5 Å². The number of rotatable bonds is 4. The highest BCUT2D eigenvalue weighted by Gasteiger charge is 2.13. The lowest BCUT2D eigenvalue weighted by molar-refractivity contribution is -0.138. The highest BCUT2D eigenvalue weighted by Crippen LogP contribution is 2.26. The molecular weight excluding hydrogens is 198 g/mol. The Morgan fingerprint density at radius 1 is 1.73 bits per heavy atom. The van der Waals surface area contributed by atoms with Gasteiger partial charge in [0.25, 0.3) is 0 Å². The average Bonchev–Trinajstić information content (AvgIpc) is 2.20. The molecule has 0 unspecified atom stereocenters. The van der Waals surface area contributed by atoms with Crippen LogP contribution in [0, 0.1) is 0 Å². The van der Waals surface area contributed by atoms with E-state index in [-0.39, 0.29) is 17.9 Å². The number of aromatic hydroxyl groups is 1. The van der Waals surface area contributed by atoms with E-state index in [0.717, 1.165) is 0 Å². The molecule has 5 nitrogen and oxygen atoms in total. The average molecular weight is 214 g/mol. The van der Waals surface area contributed by atoms with Gasteiger partial charge in [-0.15, -0.1) is 0 Å².